The predicted octanol–water partition coefficient (Wildman–Crippen LogP) is 4.82. The fourth-order valence-electron chi connectivity index (χ4n) is 5.83. The topological polar surface area (TPSA) is 170 Å². The Morgan fingerprint density at radius 2 is 1.78 bits per heavy atom. The van der Waals surface area contributed by atoms with Gasteiger partial charge in [-0.3, -0.25) is 9.79 Å². The lowest BCUT2D eigenvalue weighted by Gasteiger charge is -2.27. The third kappa shape index (κ3) is 6.93. The first-order valence-corrected chi connectivity index (χ1v) is 16.5. The predicted molar refractivity (Wildman–Crippen MR) is 175 cm³/mol. The molecule has 0 aliphatic carbocycles. The molecule has 250 valence electrons. The van der Waals surface area contributed by atoms with Crippen molar-refractivity contribution in [2.75, 3.05) is 13.7 Å². The molecular weight excluding hydrogens is 612 g/mol. The number of nitrogens with zero attached hydrogens (tertiary/aromatic N) is 2. The molecule has 12 nitrogen and oxygen atoms in total. The highest BCUT2D eigenvalue weighted by Crippen LogP contribution is 2.43. The Balaban J connectivity index is 1.52. The van der Waals surface area contributed by atoms with Gasteiger partial charge < -0.3 is 25.1 Å². The number of carbonyl (C=O) groups is 2. The van der Waals surface area contributed by atoms with Crippen LogP contribution in [0.4, 0.5) is 4.79 Å². The number of nitrogens with two attached hydrogens (primary N) is 1. The summed E-state index contributed by atoms with van der Waals surface area (Å²) in [6.45, 7) is 14.3. The first-order valence-electron chi connectivity index (χ1n) is 15.1. The van der Waals surface area contributed by atoms with E-state index in [4.69, 9.17) is 19.9 Å². The minimum atomic E-state index is -4.08. The zero-order valence-electron chi connectivity index (χ0n) is 27.9. The van der Waals surface area contributed by atoms with Crippen molar-refractivity contribution in [2.45, 2.75) is 96.8 Å². The number of rotatable bonds is 8. The van der Waals surface area contributed by atoms with E-state index in [0.717, 1.165) is 21.8 Å². The van der Waals surface area contributed by atoms with E-state index in [-0.39, 0.29) is 41.6 Å². The van der Waals surface area contributed by atoms with Crippen LogP contribution in [-0.4, -0.2) is 67.3 Å². The lowest BCUT2D eigenvalue weighted by molar-refractivity contribution is -0.124. The molecule has 4 N–H and O–H groups in total. The van der Waals surface area contributed by atoms with Gasteiger partial charge >= 0.3 is 6.09 Å². The van der Waals surface area contributed by atoms with Gasteiger partial charge in [0.25, 0.3) is 15.9 Å². The second-order valence-electron chi connectivity index (χ2n) is 13.2. The lowest BCUT2D eigenvalue weighted by Crippen LogP contribution is -2.44. The Morgan fingerprint density at radius 1 is 1.15 bits per heavy atom. The van der Waals surface area contributed by atoms with Crippen LogP contribution in [0.2, 0.25) is 0 Å². The lowest BCUT2D eigenvalue weighted by atomic mass is 9.94. The normalized spacial score (nSPS) is 18.0. The number of aliphatic hydroxyl groups excluding tert-OH is 1. The number of carbonyl (C=O) groups excluding carboxylic acids is 2. The number of guanidine groups is 1. The third-order valence-electron chi connectivity index (χ3n) is 8.00. The molecular formula is C33H44N4O8S. The molecule has 0 fully saturated rings. The molecule has 0 bridgehead atoms. The number of hydrogen-bond acceptors (Lipinski definition) is 9. The molecule has 4 rings (SSSR count). The van der Waals surface area contributed by atoms with Crippen LogP contribution < -0.4 is 19.9 Å². The number of amides is 2. The van der Waals surface area contributed by atoms with Crippen LogP contribution in [-0.2, 0) is 26.0 Å². The largest absolute Gasteiger partial charge is 0.509 e. The van der Waals surface area contributed by atoms with Gasteiger partial charge in [-0.15, -0.1) is 0 Å². The molecule has 0 spiro atoms. The maximum absolute atomic E-state index is 13.5. The van der Waals surface area contributed by atoms with E-state index in [1.807, 2.05) is 20.8 Å². The van der Waals surface area contributed by atoms with Gasteiger partial charge in [0, 0.05) is 18.5 Å². The molecule has 0 aromatic heterocycles. The number of methoxy groups -OCH3 is 1. The van der Waals surface area contributed by atoms with Gasteiger partial charge in [-0.1, -0.05) is 12.1 Å². The molecule has 0 saturated carbocycles. The number of hydrogen-bond donors (Lipinski definition) is 3. The zero-order valence-corrected chi connectivity index (χ0v) is 28.7. The van der Waals surface area contributed by atoms with E-state index in [0.29, 0.717) is 28.9 Å². The first kappa shape index (κ1) is 34.6. The SMILES string of the molecule is COc1ccc(C2=C(O)[C@H](CCCN=C(N)NS(=O)(=O)c3c(C)c(C)c4c(c3C)CC(C)(C)O4)N(C(=O)OC(C)(C)C)C2=O)cc1. The van der Waals surface area contributed by atoms with Crippen LogP contribution in [0.1, 0.15) is 75.3 Å². The standard InChI is InChI=1S/C33H44N4O8S/c1-18-19(2)28(20(3)23-17-33(7,8)44-27(18)23)46(41,42)36-30(34)35-16-10-11-24-26(38)25(21-12-14-22(43-9)15-13-21)29(39)37(24)31(40)45-32(4,5)6/h12-15,24,38H,10-11,16-17H2,1-9H3,(H3,34,35,36)/t24-/m0/s1. The Kier molecular flexibility index (Phi) is 9.41. The van der Waals surface area contributed by atoms with E-state index >= 15 is 0 Å². The van der Waals surface area contributed by atoms with Gasteiger partial charge in [0.1, 0.15) is 34.5 Å². The van der Waals surface area contributed by atoms with Crippen molar-refractivity contribution in [3.8, 4) is 11.5 Å². The average molecular weight is 657 g/mol. The van der Waals surface area contributed by atoms with E-state index in [9.17, 15) is 23.1 Å². The Hall–Kier alpha value is -4.26. The fourth-order valence-corrected chi connectivity index (χ4v) is 7.35. The molecule has 1 atom stereocenters. The van der Waals surface area contributed by atoms with Crippen molar-refractivity contribution in [1.82, 2.24) is 9.62 Å². The monoisotopic (exact) mass is 656 g/mol. The summed E-state index contributed by atoms with van der Waals surface area (Å²) in [5.41, 5.74) is 7.88. The fraction of sp³-hybridized carbons (Fsp3) is 0.485. The number of aliphatic hydroxyl groups is 1. The highest BCUT2D eigenvalue weighted by Gasteiger charge is 2.45. The molecule has 0 unspecified atom stereocenters. The maximum atomic E-state index is 13.5. The van der Waals surface area contributed by atoms with Gasteiger partial charge in [0.15, 0.2) is 0 Å². The minimum Gasteiger partial charge on any atom is -0.509 e. The van der Waals surface area contributed by atoms with Crippen LogP contribution in [0.15, 0.2) is 39.9 Å². The summed E-state index contributed by atoms with van der Waals surface area (Å²) in [5.74, 6) is 0.0127. The summed E-state index contributed by atoms with van der Waals surface area (Å²) >= 11 is 0. The van der Waals surface area contributed by atoms with Crippen molar-refractivity contribution in [1.29, 1.82) is 0 Å². The molecule has 2 aliphatic rings. The van der Waals surface area contributed by atoms with E-state index in [1.165, 1.54) is 7.11 Å². The van der Waals surface area contributed by atoms with E-state index in [1.54, 1.807) is 58.9 Å². The summed E-state index contributed by atoms with van der Waals surface area (Å²) in [5, 5.41) is 11.2. The van der Waals surface area contributed by atoms with Crippen molar-refractivity contribution < 1.29 is 37.3 Å². The van der Waals surface area contributed by atoms with E-state index in [2.05, 4.69) is 9.71 Å². The van der Waals surface area contributed by atoms with Crippen LogP contribution in [0.25, 0.3) is 5.57 Å². The Morgan fingerprint density at radius 3 is 2.37 bits per heavy atom. The molecule has 2 aliphatic heterocycles. The number of aliphatic imine (C=N–C) groups is 1. The Labute approximate surface area is 270 Å². The molecule has 0 radical (unpaired) electrons. The van der Waals surface area contributed by atoms with Crippen LogP contribution in [0.5, 0.6) is 11.5 Å². The van der Waals surface area contributed by atoms with Crippen molar-refractivity contribution in [3.63, 3.8) is 0 Å². The number of nitrogens with one attached hydrogen (secondary N) is 1. The number of imide groups is 1. The smallest absolute Gasteiger partial charge is 0.418 e. The molecule has 46 heavy (non-hydrogen) atoms. The van der Waals surface area contributed by atoms with Crippen molar-refractivity contribution in [2.24, 2.45) is 10.7 Å². The maximum Gasteiger partial charge on any atom is 0.418 e. The third-order valence-corrected chi connectivity index (χ3v) is 9.63. The summed E-state index contributed by atoms with van der Waals surface area (Å²) in [7, 11) is -2.57. The molecule has 0 saturated heterocycles. The zero-order chi connectivity index (χ0) is 34.4. The second-order valence-corrected chi connectivity index (χ2v) is 14.8. The molecule has 2 aromatic carbocycles. The van der Waals surface area contributed by atoms with Gasteiger partial charge in [-0.05, 0) is 103 Å². The number of sulfonamides is 1. The van der Waals surface area contributed by atoms with Crippen LogP contribution >= 0.6 is 0 Å². The average Bonchev–Trinajstić information content (AvgIpc) is 3.40. The quantitative estimate of drug-likeness (QED) is 0.205. The number of ether oxygens (including phenoxy) is 3. The van der Waals surface area contributed by atoms with E-state index < -0.39 is 39.3 Å². The van der Waals surface area contributed by atoms with Crippen LogP contribution in [0, 0.1) is 20.8 Å². The molecule has 2 heterocycles. The summed E-state index contributed by atoms with van der Waals surface area (Å²) in [6, 6.07) is 5.52. The van der Waals surface area contributed by atoms with Gasteiger partial charge in [0.05, 0.1) is 17.6 Å². The van der Waals surface area contributed by atoms with Crippen molar-refractivity contribution >= 4 is 33.6 Å². The Bertz CT molecular complexity index is 1720. The first-order chi connectivity index (χ1) is 21.3. The summed E-state index contributed by atoms with van der Waals surface area (Å²) in [6.07, 6.45) is 0.0601. The number of benzene rings is 2. The minimum absolute atomic E-state index is 0.0153. The highest BCUT2D eigenvalue weighted by atomic mass is 32.2. The second kappa shape index (κ2) is 12.5. The summed E-state index contributed by atoms with van der Waals surface area (Å²) < 4.78 is 46.2. The van der Waals surface area contributed by atoms with Crippen molar-refractivity contribution in [3.05, 3.63) is 57.8 Å². The highest BCUT2D eigenvalue weighted by molar-refractivity contribution is 7.90. The van der Waals surface area contributed by atoms with Crippen LogP contribution in [0.3, 0.4) is 0 Å². The number of fused-ring (bicyclic) bond motifs is 1. The molecule has 2 aromatic rings. The molecule has 13 heteroatoms. The molecule has 2 amide bonds. The van der Waals surface area contributed by atoms with Gasteiger partial charge in [-0.2, -0.15) is 0 Å². The summed E-state index contributed by atoms with van der Waals surface area (Å²) in [4.78, 5) is 31.8. The van der Waals surface area contributed by atoms with Gasteiger partial charge in [0.2, 0.25) is 5.96 Å². The van der Waals surface area contributed by atoms with Gasteiger partial charge in [-0.25, -0.2) is 22.8 Å².